The molecule has 0 bridgehead atoms. The molecule has 3 aromatic rings. The quantitative estimate of drug-likeness (QED) is 0.785. The molecule has 1 atom stereocenters. The zero-order chi connectivity index (χ0) is 18.4. The lowest BCUT2D eigenvalue weighted by atomic mass is 9.99. The van der Waals surface area contributed by atoms with Crippen LogP contribution >= 0.6 is 0 Å². The summed E-state index contributed by atoms with van der Waals surface area (Å²) in [6.45, 7) is 5.95. The lowest BCUT2D eigenvalue weighted by Gasteiger charge is -2.19. The molecule has 6 heteroatoms. The standard InChI is InChI=1S/C20H23N5O/c1-11-5-8-16-15(9-11)17(12(2)13(3)23-16)20(26)24-18(14-6-7-14)19-21-10-22-25(19)4/h5,8-10,14,18H,6-7H2,1-4H3,(H,24,26)/t18-/m0/s1. The molecule has 1 fully saturated rings. The third-order valence-electron chi connectivity index (χ3n) is 5.26. The van der Waals surface area contributed by atoms with E-state index in [0.29, 0.717) is 11.5 Å². The molecular formula is C20H23N5O. The molecule has 0 spiro atoms. The molecule has 1 amide bonds. The number of rotatable bonds is 4. The van der Waals surface area contributed by atoms with Crippen LogP contribution in [0.25, 0.3) is 10.9 Å². The molecule has 0 radical (unpaired) electrons. The van der Waals surface area contributed by atoms with E-state index in [1.807, 2.05) is 46.0 Å². The predicted molar refractivity (Wildman–Crippen MR) is 99.9 cm³/mol. The van der Waals surface area contributed by atoms with E-state index < -0.39 is 0 Å². The van der Waals surface area contributed by atoms with Crippen molar-refractivity contribution in [3.05, 3.63) is 52.7 Å². The number of hydrogen-bond donors (Lipinski definition) is 1. The summed E-state index contributed by atoms with van der Waals surface area (Å²) < 4.78 is 1.75. The van der Waals surface area contributed by atoms with Crippen LogP contribution in [-0.2, 0) is 7.05 Å². The maximum Gasteiger partial charge on any atom is 0.252 e. The monoisotopic (exact) mass is 349 g/mol. The van der Waals surface area contributed by atoms with Gasteiger partial charge in [-0.25, -0.2) is 4.98 Å². The molecule has 2 aromatic heterocycles. The first-order valence-electron chi connectivity index (χ1n) is 8.98. The van der Waals surface area contributed by atoms with Crippen LogP contribution in [0.4, 0.5) is 0 Å². The summed E-state index contributed by atoms with van der Waals surface area (Å²) in [5, 5.41) is 8.29. The van der Waals surface area contributed by atoms with Crippen molar-refractivity contribution in [3.63, 3.8) is 0 Å². The first-order chi connectivity index (χ1) is 12.5. The van der Waals surface area contributed by atoms with Crippen LogP contribution in [0.1, 0.15) is 51.9 Å². The molecule has 1 N–H and O–H groups in total. The van der Waals surface area contributed by atoms with Gasteiger partial charge in [0.15, 0.2) is 0 Å². The Labute approximate surface area is 152 Å². The maximum atomic E-state index is 13.3. The van der Waals surface area contributed by atoms with Crippen molar-refractivity contribution >= 4 is 16.8 Å². The molecule has 1 aliphatic rings. The molecule has 1 aromatic carbocycles. The van der Waals surface area contributed by atoms with E-state index in [4.69, 9.17) is 0 Å². The number of nitrogens with one attached hydrogen (secondary N) is 1. The minimum atomic E-state index is -0.109. The van der Waals surface area contributed by atoms with Crippen molar-refractivity contribution < 1.29 is 4.79 Å². The third kappa shape index (κ3) is 2.85. The molecule has 1 saturated carbocycles. The van der Waals surface area contributed by atoms with Gasteiger partial charge in [0.1, 0.15) is 12.2 Å². The molecule has 2 heterocycles. The Balaban J connectivity index is 1.77. The van der Waals surface area contributed by atoms with Crippen molar-refractivity contribution in [2.75, 3.05) is 0 Å². The second kappa shape index (κ2) is 6.20. The van der Waals surface area contributed by atoms with Crippen molar-refractivity contribution in [2.45, 2.75) is 39.7 Å². The minimum absolute atomic E-state index is 0.0662. The number of aryl methyl sites for hydroxylation is 3. The van der Waals surface area contributed by atoms with Gasteiger partial charge in [-0.3, -0.25) is 14.5 Å². The van der Waals surface area contributed by atoms with E-state index in [9.17, 15) is 4.79 Å². The zero-order valence-electron chi connectivity index (χ0n) is 15.6. The van der Waals surface area contributed by atoms with Gasteiger partial charge in [0.25, 0.3) is 5.91 Å². The smallest absolute Gasteiger partial charge is 0.252 e. The van der Waals surface area contributed by atoms with Gasteiger partial charge in [-0.15, -0.1) is 0 Å². The number of amides is 1. The fraction of sp³-hybridized carbons (Fsp3) is 0.400. The molecular weight excluding hydrogens is 326 g/mol. The van der Waals surface area contributed by atoms with Crippen molar-refractivity contribution in [1.82, 2.24) is 25.1 Å². The fourth-order valence-electron chi connectivity index (χ4n) is 3.51. The SMILES string of the molecule is Cc1ccc2nc(C)c(C)c(C(=O)N[C@H](c3ncnn3C)C3CC3)c2c1. The van der Waals surface area contributed by atoms with Gasteiger partial charge in [-0.2, -0.15) is 5.10 Å². The highest BCUT2D eigenvalue weighted by Gasteiger charge is 2.36. The molecule has 0 unspecified atom stereocenters. The van der Waals surface area contributed by atoms with Crippen LogP contribution < -0.4 is 5.32 Å². The van der Waals surface area contributed by atoms with E-state index in [1.165, 1.54) is 6.33 Å². The number of aromatic nitrogens is 4. The lowest BCUT2D eigenvalue weighted by Crippen LogP contribution is -2.32. The molecule has 26 heavy (non-hydrogen) atoms. The molecule has 0 saturated heterocycles. The summed E-state index contributed by atoms with van der Waals surface area (Å²) in [6, 6.07) is 5.94. The first-order valence-corrected chi connectivity index (χ1v) is 8.98. The molecule has 134 valence electrons. The normalized spacial score (nSPS) is 15.2. The number of carbonyl (C=O) groups excluding carboxylic acids is 1. The Hall–Kier alpha value is -2.76. The van der Waals surface area contributed by atoms with Crippen LogP contribution in [0.3, 0.4) is 0 Å². The number of benzene rings is 1. The summed E-state index contributed by atoms with van der Waals surface area (Å²) in [4.78, 5) is 22.3. The van der Waals surface area contributed by atoms with E-state index in [-0.39, 0.29) is 11.9 Å². The highest BCUT2D eigenvalue weighted by Crippen LogP contribution is 2.40. The Morgan fingerprint density at radius 1 is 1.27 bits per heavy atom. The summed E-state index contributed by atoms with van der Waals surface area (Å²) in [5.74, 6) is 1.17. The largest absolute Gasteiger partial charge is 0.342 e. The highest BCUT2D eigenvalue weighted by molar-refractivity contribution is 6.07. The van der Waals surface area contributed by atoms with Crippen LogP contribution in [0.15, 0.2) is 24.5 Å². The molecule has 4 rings (SSSR count). The summed E-state index contributed by atoms with van der Waals surface area (Å²) in [6.07, 6.45) is 3.75. The van der Waals surface area contributed by atoms with Gasteiger partial charge in [0.2, 0.25) is 0 Å². The van der Waals surface area contributed by atoms with Gasteiger partial charge < -0.3 is 5.32 Å². The van der Waals surface area contributed by atoms with E-state index in [1.54, 1.807) is 4.68 Å². The van der Waals surface area contributed by atoms with Crippen LogP contribution in [0, 0.1) is 26.7 Å². The second-order valence-corrected chi connectivity index (χ2v) is 7.25. The Bertz CT molecular complexity index is 1000. The summed E-state index contributed by atoms with van der Waals surface area (Å²) >= 11 is 0. The summed E-state index contributed by atoms with van der Waals surface area (Å²) in [7, 11) is 1.87. The topological polar surface area (TPSA) is 72.7 Å². The number of pyridine rings is 1. The lowest BCUT2D eigenvalue weighted by molar-refractivity contribution is 0.0929. The van der Waals surface area contributed by atoms with Gasteiger partial charge in [0.05, 0.1) is 17.1 Å². The third-order valence-corrected chi connectivity index (χ3v) is 5.26. The molecule has 1 aliphatic carbocycles. The highest BCUT2D eigenvalue weighted by atomic mass is 16.1. The first kappa shape index (κ1) is 16.7. The Morgan fingerprint density at radius 2 is 2.04 bits per heavy atom. The van der Waals surface area contributed by atoms with Crippen molar-refractivity contribution in [3.8, 4) is 0 Å². The number of fused-ring (bicyclic) bond motifs is 1. The van der Waals surface area contributed by atoms with Crippen LogP contribution in [0.2, 0.25) is 0 Å². The van der Waals surface area contributed by atoms with E-state index in [2.05, 4.69) is 20.4 Å². The van der Waals surface area contributed by atoms with E-state index in [0.717, 1.165) is 46.4 Å². The van der Waals surface area contributed by atoms with Crippen LogP contribution in [0.5, 0.6) is 0 Å². The fourth-order valence-corrected chi connectivity index (χ4v) is 3.51. The van der Waals surface area contributed by atoms with Crippen molar-refractivity contribution in [2.24, 2.45) is 13.0 Å². The zero-order valence-corrected chi connectivity index (χ0v) is 15.6. The van der Waals surface area contributed by atoms with Crippen LogP contribution in [-0.4, -0.2) is 25.7 Å². The Kier molecular flexibility index (Phi) is 3.98. The number of nitrogens with zero attached hydrogens (tertiary/aromatic N) is 4. The van der Waals surface area contributed by atoms with Gasteiger partial charge in [-0.1, -0.05) is 11.6 Å². The summed E-state index contributed by atoms with van der Waals surface area (Å²) in [5.41, 5.74) is 4.49. The van der Waals surface area contributed by atoms with Crippen molar-refractivity contribution in [1.29, 1.82) is 0 Å². The van der Waals surface area contributed by atoms with Gasteiger partial charge >= 0.3 is 0 Å². The van der Waals surface area contributed by atoms with Gasteiger partial charge in [-0.05, 0) is 57.2 Å². The maximum absolute atomic E-state index is 13.3. The van der Waals surface area contributed by atoms with Gasteiger partial charge in [0, 0.05) is 18.1 Å². The minimum Gasteiger partial charge on any atom is -0.342 e. The number of hydrogen-bond acceptors (Lipinski definition) is 4. The average Bonchev–Trinajstić information content (AvgIpc) is 3.35. The second-order valence-electron chi connectivity index (χ2n) is 7.25. The van der Waals surface area contributed by atoms with E-state index >= 15 is 0 Å². The number of carbonyl (C=O) groups is 1. The predicted octanol–water partition coefficient (Wildman–Crippen LogP) is 3.17. The Morgan fingerprint density at radius 3 is 2.69 bits per heavy atom. The molecule has 0 aliphatic heterocycles. The molecule has 6 nitrogen and oxygen atoms in total. The average molecular weight is 349 g/mol.